The van der Waals surface area contributed by atoms with Crippen LogP contribution in [-0.4, -0.2) is 13.0 Å². The van der Waals surface area contributed by atoms with Gasteiger partial charge >= 0.3 is 0 Å². The summed E-state index contributed by atoms with van der Waals surface area (Å²) in [5.41, 5.74) is 2.03. The first-order valence-corrected chi connectivity index (χ1v) is 5.60. The number of hydrogen-bond donors (Lipinski definition) is 0. The van der Waals surface area contributed by atoms with Gasteiger partial charge in [0.05, 0.1) is 7.11 Å². The molecular weight excluding hydrogens is 220 g/mol. The molecule has 2 aromatic rings. The van der Waals surface area contributed by atoms with Gasteiger partial charge in [-0.05, 0) is 40.1 Å². The summed E-state index contributed by atoms with van der Waals surface area (Å²) in [4.78, 5) is 0. The summed E-state index contributed by atoms with van der Waals surface area (Å²) in [6, 6.07) is 12.2. The second-order valence-electron chi connectivity index (χ2n) is 3.67. The molecule has 2 aromatic carbocycles. The molecule has 0 atom stereocenters. The van der Waals surface area contributed by atoms with E-state index in [1.54, 1.807) is 7.11 Å². The molecule has 0 heterocycles. The Morgan fingerprint density at radius 3 is 2.56 bits per heavy atom. The van der Waals surface area contributed by atoms with E-state index in [2.05, 4.69) is 18.7 Å². The van der Waals surface area contributed by atoms with Crippen molar-refractivity contribution in [3.05, 3.63) is 48.5 Å². The number of fused-ring (bicyclic) bond motifs is 1. The molecule has 1 nitrogen and oxygen atoms in total. The Bertz CT molecular complexity index is 531. The van der Waals surface area contributed by atoms with E-state index < -0.39 is 0 Å². The third-order valence-corrected chi connectivity index (χ3v) is 2.94. The lowest BCUT2D eigenvalue weighted by Crippen LogP contribution is -1.86. The molecule has 0 saturated carbocycles. The van der Waals surface area contributed by atoms with Gasteiger partial charge in [-0.15, -0.1) is 11.6 Å². The van der Waals surface area contributed by atoms with Crippen LogP contribution in [0.4, 0.5) is 0 Å². The molecule has 0 fully saturated rings. The van der Waals surface area contributed by atoms with Crippen molar-refractivity contribution in [3.63, 3.8) is 0 Å². The van der Waals surface area contributed by atoms with Crippen LogP contribution in [0.15, 0.2) is 43.0 Å². The van der Waals surface area contributed by atoms with E-state index in [1.165, 1.54) is 5.39 Å². The van der Waals surface area contributed by atoms with Crippen LogP contribution in [-0.2, 0) is 0 Å². The molecule has 0 amide bonds. The van der Waals surface area contributed by atoms with Crippen LogP contribution >= 0.6 is 11.6 Å². The van der Waals surface area contributed by atoms with Gasteiger partial charge in [0.25, 0.3) is 0 Å². The van der Waals surface area contributed by atoms with Crippen LogP contribution in [0.5, 0.6) is 5.75 Å². The van der Waals surface area contributed by atoms with Crippen molar-refractivity contribution in [3.8, 4) is 5.75 Å². The summed E-state index contributed by atoms with van der Waals surface area (Å²) < 4.78 is 5.18. The minimum absolute atomic E-state index is 0.460. The lowest BCUT2D eigenvalue weighted by atomic mass is 10.0. The van der Waals surface area contributed by atoms with Crippen molar-refractivity contribution in [2.45, 2.75) is 0 Å². The quantitative estimate of drug-likeness (QED) is 0.724. The van der Waals surface area contributed by atoms with Gasteiger partial charge in [-0.1, -0.05) is 24.8 Å². The van der Waals surface area contributed by atoms with E-state index in [4.69, 9.17) is 16.3 Å². The summed E-state index contributed by atoms with van der Waals surface area (Å²) in [5.74, 6) is 1.33. The van der Waals surface area contributed by atoms with E-state index in [-0.39, 0.29) is 0 Å². The Hall–Kier alpha value is -1.47. The van der Waals surface area contributed by atoms with Crippen molar-refractivity contribution in [1.29, 1.82) is 0 Å². The highest BCUT2D eigenvalue weighted by Gasteiger charge is 2.00. The molecule has 0 unspecified atom stereocenters. The smallest absolute Gasteiger partial charge is 0.119 e. The second-order valence-corrected chi connectivity index (χ2v) is 3.93. The Morgan fingerprint density at radius 1 is 1.19 bits per heavy atom. The van der Waals surface area contributed by atoms with Gasteiger partial charge in [0.1, 0.15) is 5.75 Å². The monoisotopic (exact) mass is 232 g/mol. The summed E-state index contributed by atoms with van der Waals surface area (Å²) in [6.07, 6.45) is 0. The largest absolute Gasteiger partial charge is 0.497 e. The third-order valence-electron chi connectivity index (χ3n) is 2.62. The zero-order chi connectivity index (χ0) is 11.5. The predicted molar refractivity (Wildman–Crippen MR) is 70.3 cm³/mol. The average Bonchev–Trinajstić information content (AvgIpc) is 2.36. The fourth-order valence-corrected chi connectivity index (χ4v) is 1.80. The molecule has 0 aromatic heterocycles. The van der Waals surface area contributed by atoms with Crippen molar-refractivity contribution < 1.29 is 4.74 Å². The van der Waals surface area contributed by atoms with Gasteiger partial charge in [0, 0.05) is 5.88 Å². The van der Waals surface area contributed by atoms with Crippen LogP contribution in [0.25, 0.3) is 16.3 Å². The number of halogens is 1. The standard InChI is InChI=1S/C14H13ClO/c1-10(9-15)11-3-4-13-8-14(16-2)6-5-12(13)7-11/h3-8H,1,9H2,2H3. The average molecular weight is 233 g/mol. The van der Waals surface area contributed by atoms with Gasteiger partial charge in [-0.3, -0.25) is 0 Å². The number of alkyl halides is 1. The Balaban J connectivity index is 2.51. The first-order valence-electron chi connectivity index (χ1n) is 5.06. The zero-order valence-corrected chi connectivity index (χ0v) is 9.92. The fraction of sp³-hybridized carbons (Fsp3) is 0.143. The van der Waals surface area contributed by atoms with Gasteiger partial charge < -0.3 is 4.74 Å². The van der Waals surface area contributed by atoms with Gasteiger partial charge in [-0.2, -0.15) is 0 Å². The third kappa shape index (κ3) is 2.05. The van der Waals surface area contributed by atoms with E-state index >= 15 is 0 Å². The van der Waals surface area contributed by atoms with Crippen molar-refractivity contribution >= 4 is 27.9 Å². The fourth-order valence-electron chi connectivity index (χ4n) is 1.65. The molecule has 0 spiro atoms. The van der Waals surface area contributed by atoms with Gasteiger partial charge in [0.2, 0.25) is 0 Å². The summed E-state index contributed by atoms with van der Waals surface area (Å²) in [6.45, 7) is 3.93. The van der Waals surface area contributed by atoms with Crippen LogP contribution in [0.2, 0.25) is 0 Å². The molecule has 0 N–H and O–H groups in total. The van der Waals surface area contributed by atoms with E-state index in [1.807, 2.05) is 24.3 Å². The minimum Gasteiger partial charge on any atom is -0.497 e. The molecule has 0 saturated heterocycles. The second kappa shape index (κ2) is 4.58. The number of benzene rings is 2. The highest BCUT2D eigenvalue weighted by atomic mass is 35.5. The normalized spacial score (nSPS) is 10.4. The molecule has 2 heteroatoms. The molecule has 2 rings (SSSR count). The van der Waals surface area contributed by atoms with Gasteiger partial charge in [-0.25, -0.2) is 0 Å². The number of hydrogen-bond acceptors (Lipinski definition) is 1. The zero-order valence-electron chi connectivity index (χ0n) is 9.16. The number of rotatable bonds is 3. The topological polar surface area (TPSA) is 9.23 Å². The van der Waals surface area contributed by atoms with Crippen LogP contribution in [0, 0.1) is 0 Å². The van der Waals surface area contributed by atoms with E-state index in [9.17, 15) is 0 Å². The number of ether oxygens (including phenoxy) is 1. The highest BCUT2D eigenvalue weighted by molar-refractivity contribution is 6.23. The Morgan fingerprint density at radius 2 is 1.88 bits per heavy atom. The molecule has 0 aliphatic rings. The highest BCUT2D eigenvalue weighted by Crippen LogP contribution is 2.24. The predicted octanol–water partition coefficient (Wildman–Crippen LogP) is 4.10. The lowest BCUT2D eigenvalue weighted by molar-refractivity contribution is 0.415. The molecule has 0 aliphatic heterocycles. The number of allylic oxidation sites excluding steroid dienone is 1. The Kier molecular flexibility index (Phi) is 3.16. The lowest BCUT2D eigenvalue weighted by Gasteiger charge is -2.06. The molecule has 82 valence electrons. The summed E-state index contributed by atoms with van der Waals surface area (Å²) in [5, 5.41) is 2.33. The van der Waals surface area contributed by atoms with Crippen molar-refractivity contribution in [2.24, 2.45) is 0 Å². The van der Waals surface area contributed by atoms with Crippen molar-refractivity contribution in [2.75, 3.05) is 13.0 Å². The first-order chi connectivity index (χ1) is 7.74. The van der Waals surface area contributed by atoms with Crippen LogP contribution < -0.4 is 4.74 Å². The summed E-state index contributed by atoms with van der Waals surface area (Å²) in [7, 11) is 1.67. The summed E-state index contributed by atoms with van der Waals surface area (Å²) >= 11 is 5.77. The molecule has 0 aliphatic carbocycles. The Labute approximate surface area is 100 Å². The SMILES string of the molecule is C=C(CCl)c1ccc2cc(OC)ccc2c1. The minimum atomic E-state index is 0.460. The maximum absolute atomic E-state index is 5.77. The molecule has 0 radical (unpaired) electrons. The van der Waals surface area contributed by atoms with Crippen LogP contribution in [0.3, 0.4) is 0 Å². The van der Waals surface area contributed by atoms with Crippen LogP contribution in [0.1, 0.15) is 5.56 Å². The first kappa shape index (κ1) is 11.0. The van der Waals surface area contributed by atoms with E-state index in [0.717, 1.165) is 22.3 Å². The maximum Gasteiger partial charge on any atom is 0.119 e. The molecular formula is C14H13ClO. The van der Waals surface area contributed by atoms with Crippen molar-refractivity contribution in [1.82, 2.24) is 0 Å². The molecule has 0 bridgehead atoms. The van der Waals surface area contributed by atoms with Gasteiger partial charge in [0.15, 0.2) is 0 Å². The van der Waals surface area contributed by atoms with E-state index in [0.29, 0.717) is 5.88 Å². The number of methoxy groups -OCH3 is 1. The molecule has 16 heavy (non-hydrogen) atoms. The maximum atomic E-state index is 5.77.